The zero-order chi connectivity index (χ0) is 20.8. The maximum atomic E-state index is 11.6. The van der Waals surface area contributed by atoms with Gasteiger partial charge in [-0.2, -0.15) is 0 Å². The number of benzene rings is 3. The lowest BCUT2D eigenvalue weighted by Crippen LogP contribution is -2.20. The van der Waals surface area contributed by atoms with Crippen LogP contribution in [0.15, 0.2) is 79.4 Å². The van der Waals surface area contributed by atoms with Gasteiger partial charge in [0.15, 0.2) is 5.96 Å². The molecule has 0 fully saturated rings. The van der Waals surface area contributed by atoms with Crippen LogP contribution in [0.25, 0.3) is 17.2 Å². The third kappa shape index (κ3) is 4.71. The van der Waals surface area contributed by atoms with E-state index in [0.29, 0.717) is 5.69 Å². The summed E-state index contributed by atoms with van der Waals surface area (Å²) in [5, 5.41) is 19.7. The van der Waals surface area contributed by atoms with E-state index < -0.39 is 5.97 Å². The van der Waals surface area contributed by atoms with Gasteiger partial charge in [0.2, 0.25) is 0 Å². The van der Waals surface area contributed by atoms with Gasteiger partial charge in [-0.3, -0.25) is 10.2 Å². The topological polar surface area (TPSA) is 99.2 Å². The number of carboxylic acid groups (broad SMARTS) is 1. The standard InChI is InChI=1S/C24H23N3O2/c1-2-19-20(17-10-6-11-18(14-17)27-24(25)26)12-7-13-21(19)22(15-23(28)29)16-8-4-3-5-9-16/h2-14,22H,1,15H2,(H,28,29)(H4,25,26,27). The van der Waals surface area contributed by atoms with Gasteiger partial charge in [0, 0.05) is 11.6 Å². The van der Waals surface area contributed by atoms with E-state index >= 15 is 0 Å². The number of nitrogens with one attached hydrogen (secondary N) is 2. The van der Waals surface area contributed by atoms with Crippen LogP contribution in [-0.4, -0.2) is 17.0 Å². The van der Waals surface area contributed by atoms with Crippen molar-refractivity contribution in [3.63, 3.8) is 0 Å². The van der Waals surface area contributed by atoms with Gasteiger partial charge in [0.05, 0.1) is 6.42 Å². The summed E-state index contributed by atoms with van der Waals surface area (Å²) in [6.07, 6.45) is 1.76. The summed E-state index contributed by atoms with van der Waals surface area (Å²) in [4.78, 5) is 11.6. The Balaban J connectivity index is 2.13. The molecule has 0 saturated heterocycles. The second kappa shape index (κ2) is 8.89. The summed E-state index contributed by atoms with van der Waals surface area (Å²) < 4.78 is 0. The zero-order valence-corrected chi connectivity index (χ0v) is 15.9. The average molecular weight is 385 g/mol. The maximum absolute atomic E-state index is 11.6. The molecule has 0 spiro atoms. The zero-order valence-electron chi connectivity index (χ0n) is 15.9. The number of anilines is 1. The van der Waals surface area contributed by atoms with E-state index in [9.17, 15) is 9.90 Å². The van der Waals surface area contributed by atoms with Crippen molar-refractivity contribution in [2.75, 3.05) is 5.32 Å². The molecule has 5 N–H and O–H groups in total. The van der Waals surface area contributed by atoms with Crippen molar-refractivity contribution in [1.29, 1.82) is 5.41 Å². The molecule has 3 rings (SSSR count). The lowest BCUT2D eigenvalue weighted by Gasteiger charge is -2.21. The Morgan fingerprint density at radius 2 is 1.83 bits per heavy atom. The number of carbonyl (C=O) groups is 1. The Hall–Kier alpha value is -3.86. The predicted octanol–water partition coefficient (Wildman–Crippen LogP) is 4.91. The van der Waals surface area contributed by atoms with Crippen LogP contribution in [0.3, 0.4) is 0 Å². The Labute approximate surface area is 170 Å². The molecule has 5 heteroatoms. The molecule has 0 radical (unpaired) electrons. The fourth-order valence-electron chi connectivity index (χ4n) is 3.55. The molecule has 0 amide bonds. The van der Waals surface area contributed by atoms with Crippen LogP contribution >= 0.6 is 0 Å². The van der Waals surface area contributed by atoms with Crippen LogP contribution in [0.2, 0.25) is 0 Å². The van der Waals surface area contributed by atoms with Gasteiger partial charge in [0.1, 0.15) is 0 Å². The van der Waals surface area contributed by atoms with Crippen molar-refractivity contribution in [2.24, 2.45) is 5.73 Å². The Morgan fingerprint density at radius 1 is 1.10 bits per heavy atom. The van der Waals surface area contributed by atoms with E-state index in [0.717, 1.165) is 27.8 Å². The Morgan fingerprint density at radius 3 is 2.48 bits per heavy atom. The molecule has 0 aromatic heterocycles. The lowest BCUT2D eigenvalue weighted by molar-refractivity contribution is -0.137. The average Bonchev–Trinajstić information content (AvgIpc) is 2.71. The van der Waals surface area contributed by atoms with Crippen molar-refractivity contribution >= 4 is 23.7 Å². The second-order valence-electron chi connectivity index (χ2n) is 6.69. The molecule has 5 nitrogen and oxygen atoms in total. The minimum atomic E-state index is -0.855. The molecule has 0 aliphatic heterocycles. The summed E-state index contributed by atoms with van der Waals surface area (Å²) in [6, 6.07) is 23.1. The molecule has 3 aromatic rings. The van der Waals surface area contributed by atoms with Gasteiger partial charge >= 0.3 is 5.97 Å². The molecule has 3 aromatic carbocycles. The summed E-state index contributed by atoms with van der Waals surface area (Å²) in [6.45, 7) is 3.99. The van der Waals surface area contributed by atoms with Crippen molar-refractivity contribution in [3.8, 4) is 11.1 Å². The molecular weight excluding hydrogens is 362 g/mol. The second-order valence-corrected chi connectivity index (χ2v) is 6.69. The van der Waals surface area contributed by atoms with Gasteiger partial charge in [-0.05, 0) is 39.9 Å². The van der Waals surface area contributed by atoms with Crippen LogP contribution in [-0.2, 0) is 4.79 Å². The highest BCUT2D eigenvalue weighted by Gasteiger charge is 2.21. The maximum Gasteiger partial charge on any atom is 0.304 e. The highest BCUT2D eigenvalue weighted by atomic mass is 16.4. The minimum Gasteiger partial charge on any atom is -0.481 e. The Bertz CT molecular complexity index is 1050. The molecule has 0 heterocycles. The fraction of sp³-hybridized carbons (Fsp3) is 0.0833. The van der Waals surface area contributed by atoms with Gasteiger partial charge in [-0.1, -0.05) is 73.3 Å². The van der Waals surface area contributed by atoms with Crippen LogP contribution in [0.5, 0.6) is 0 Å². The Kier molecular flexibility index (Phi) is 6.09. The van der Waals surface area contributed by atoms with Crippen molar-refractivity contribution < 1.29 is 9.90 Å². The molecule has 0 aliphatic rings. The van der Waals surface area contributed by atoms with Crippen molar-refractivity contribution in [2.45, 2.75) is 12.3 Å². The van der Waals surface area contributed by atoms with Crippen molar-refractivity contribution in [3.05, 3.63) is 96.1 Å². The minimum absolute atomic E-state index is 0.0137. The molecular formula is C24H23N3O2. The van der Waals surface area contributed by atoms with Crippen LogP contribution in [0.1, 0.15) is 29.0 Å². The van der Waals surface area contributed by atoms with Crippen LogP contribution in [0.4, 0.5) is 5.69 Å². The van der Waals surface area contributed by atoms with E-state index in [4.69, 9.17) is 11.1 Å². The largest absolute Gasteiger partial charge is 0.481 e. The van der Waals surface area contributed by atoms with E-state index in [2.05, 4.69) is 11.9 Å². The van der Waals surface area contributed by atoms with Gasteiger partial charge in [-0.15, -0.1) is 0 Å². The molecule has 146 valence electrons. The molecule has 0 saturated carbocycles. The highest BCUT2D eigenvalue weighted by Crippen LogP contribution is 2.36. The fourth-order valence-corrected chi connectivity index (χ4v) is 3.55. The van der Waals surface area contributed by atoms with E-state index in [1.165, 1.54) is 0 Å². The smallest absolute Gasteiger partial charge is 0.304 e. The van der Waals surface area contributed by atoms with E-state index in [1.807, 2.05) is 72.8 Å². The first-order valence-electron chi connectivity index (χ1n) is 9.23. The number of nitrogens with two attached hydrogens (primary N) is 1. The predicted molar refractivity (Wildman–Crippen MR) is 118 cm³/mol. The molecule has 0 bridgehead atoms. The number of rotatable bonds is 7. The first kappa shape index (κ1) is 19.9. The van der Waals surface area contributed by atoms with E-state index in [-0.39, 0.29) is 18.3 Å². The SMILES string of the molecule is C=Cc1c(-c2cccc(NC(=N)N)c2)cccc1C(CC(=O)O)c1ccccc1. The summed E-state index contributed by atoms with van der Waals surface area (Å²) in [5.74, 6) is -1.28. The lowest BCUT2D eigenvalue weighted by atomic mass is 9.83. The van der Waals surface area contributed by atoms with Gasteiger partial charge in [-0.25, -0.2) is 0 Å². The molecule has 1 unspecified atom stereocenters. The number of hydrogen-bond acceptors (Lipinski definition) is 2. The summed E-state index contributed by atoms with van der Waals surface area (Å²) in [7, 11) is 0. The monoisotopic (exact) mass is 385 g/mol. The molecule has 1 atom stereocenters. The number of guanidine groups is 1. The number of carboxylic acids is 1. The number of aliphatic carboxylic acids is 1. The van der Waals surface area contributed by atoms with Crippen molar-refractivity contribution in [1.82, 2.24) is 0 Å². The summed E-state index contributed by atoms with van der Waals surface area (Å²) >= 11 is 0. The summed E-state index contributed by atoms with van der Waals surface area (Å²) in [5.41, 5.74) is 10.8. The van der Waals surface area contributed by atoms with E-state index in [1.54, 1.807) is 6.08 Å². The third-order valence-corrected chi connectivity index (χ3v) is 4.75. The van der Waals surface area contributed by atoms with Crippen LogP contribution in [0, 0.1) is 5.41 Å². The first-order chi connectivity index (χ1) is 14.0. The van der Waals surface area contributed by atoms with Gasteiger partial charge in [0.25, 0.3) is 0 Å². The third-order valence-electron chi connectivity index (χ3n) is 4.75. The number of hydrogen-bond donors (Lipinski definition) is 4. The normalized spacial score (nSPS) is 11.4. The molecule has 0 aliphatic carbocycles. The molecule has 29 heavy (non-hydrogen) atoms. The van der Waals surface area contributed by atoms with Crippen LogP contribution < -0.4 is 11.1 Å². The first-order valence-corrected chi connectivity index (χ1v) is 9.23. The van der Waals surface area contributed by atoms with Gasteiger partial charge < -0.3 is 16.2 Å². The highest BCUT2D eigenvalue weighted by molar-refractivity contribution is 5.91. The quantitative estimate of drug-likeness (QED) is 0.343.